The summed E-state index contributed by atoms with van der Waals surface area (Å²) in [7, 11) is -3.55. The van der Waals surface area contributed by atoms with Crippen molar-refractivity contribution >= 4 is 27.5 Å². The summed E-state index contributed by atoms with van der Waals surface area (Å²) in [5.41, 5.74) is 4.52. The first kappa shape index (κ1) is 31.9. The van der Waals surface area contributed by atoms with Crippen molar-refractivity contribution in [3.63, 3.8) is 0 Å². The standard InChI is InChI=1S/C33H43N3O4S/c1-6-27(4)34-33(38)31(23-28-13-8-7-9-14-28)35(24-29-19-17-25(2)18-20-29)32(37)16-11-21-36(41(5,39)40)30-15-10-12-26(3)22-30/h7-10,12-15,17-20,22,27,31H,6,11,16,21,23-24H2,1-5H3,(H,34,38)/t27-,31+/m0/s1. The number of aryl methyl sites for hydroxylation is 2. The first-order chi connectivity index (χ1) is 19.5. The third kappa shape index (κ3) is 9.74. The molecule has 1 N–H and O–H groups in total. The van der Waals surface area contributed by atoms with Crippen molar-refractivity contribution in [1.82, 2.24) is 10.2 Å². The van der Waals surface area contributed by atoms with E-state index in [4.69, 9.17) is 0 Å². The molecule has 0 bridgehead atoms. The molecule has 3 aromatic rings. The van der Waals surface area contributed by atoms with E-state index < -0.39 is 16.1 Å². The zero-order chi connectivity index (χ0) is 30.0. The number of benzene rings is 3. The maximum absolute atomic E-state index is 13.9. The van der Waals surface area contributed by atoms with Crippen LogP contribution in [0.4, 0.5) is 5.69 Å². The van der Waals surface area contributed by atoms with Crippen molar-refractivity contribution in [2.45, 2.75) is 72.0 Å². The first-order valence-corrected chi connectivity index (χ1v) is 16.1. The number of amides is 2. The Balaban J connectivity index is 1.89. The van der Waals surface area contributed by atoms with Gasteiger partial charge in [-0.1, -0.05) is 79.2 Å². The highest BCUT2D eigenvalue weighted by molar-refractivity contribution is 7.92. The Hall–Kier alpha value is -3.65. The number of carbonyl (C=O) groups excluding carboxylic acids is 2. The van der Waals surface area contributed by atoms with Gasteiger partial charge in [0.15, 0.2) is 0 Å². The van der Waals surface area contributed by atoms with Crippen molar-refractivity contribution in [2.75, 3.05) is 17.1 Å². The summed E-state index contributed by atoms with van der Waals surface area (Å²) in [6.45, 7) is 8.32. The fourth-order valence-electron chi connectivity index (χ4n) is 4.67. The van der Waals surface area contributed by atoms with Crippen LogP contribution in [0.1, 0.15) is 55.4 Å². The Labute approximate surface area is 245 Å². The third-order valence-electron chi connectivity index (χ3n) is 7.19. The Morgan fingerprint density at radius 3 is 2.17 bits per heavy atom. The summed E-state index contributed by atoms with van der Waals surface area (Å²) < 4.78 is 26.6. The molecular weight excluding hydrogens is 534 g/mol. The molecule has 8 heteroatoms. The summed E-state index contributed by atoms with van der Waals surface area (Å²) >= 11 is 0. The molecule has 2 amide bonds. The van der Waals surface area contributed by atoms with Gasteiger partial charge in [0.1, 0.15) is 6.04 Å². The van der Waals surface area contributed by atoms with Gasteiger partial charge in [-0.3, -0.25) is 13.9 Å². The van der Waals surface area contributed by atoms with Crippen LogP contribution >= 0.6 is 0 Å². The fraction of sp³-hybridized carbons (Fsp3) is 0.394. The SMILES string of the molecule is CC[C@H](C)NC(=O)[C@@H](Cc1ccccc1)N(Cc1ccc(C)cc1)C(=O)CCCN(c1cccc(C)c1)S(C)(=O)=O. The average Bonchev–Trinajstić information content (AvgIpc) is 2.93. The van der Waals surface area contributed by atoms with Crippen LogP contribution in [-0.2, 0) is 32.6 Å². The monoisotopic (exact) mass is 577 g/mol. The van der Waals surface area contributed by atoms with Gasteiger partial charge in [-0.15, -0.1) is 0 Å². The first-order valence-electron chi connectivity index (χ1n) is 14.2. The highest BCUT2D eigenvalue weighted by Crippen LogP contribution is 2.21. The van der Waals surface area contributed by atoms with Gasteiger partial charge in [0.25, 0.3) is 0 Å². The molecule has 41 heavy (non-hydrogen) atoms. The summed E-state index contributed by atoms with van der Waals surface area (Å²) in [5.74, 6) is -0.385. The molecule has 0 heterocycles. The van der Waals surface area contributed by atoms with Gasteiger partial charge < -0.3 is 10.2 Å². The molecule has 2 atom stereocenters. The number of hydrogen-bond acceptors (Lipinski definition) is 4. The number of nitrogens with one attached hydrogen (secondary N) is 1. The lowest BCUT2D eigenvalue weighted by Crippen LogP contribution is -2.52. The second kappa shape index (κ2) is 14.8. The van der Waals surface area contributed by atoms with Crippen LogP contribution in [0.5, 0.6) is 0 Å². The van der Waals surface area contributed by atoms with Crippen molar-refractivity contribution in [1.29, 1.82) is 0 Å². The lowest BCUT2D eigenvalue weighted by atomic mass is 10.0. The van der Waals surface area contributed by atoms with Gasteiger partial charge in [-0.25, -0.2) is 8.42 Å². The van der Waals surface area contributed by atoms with Crippen molar-refractivity contribution < 1.29 is 18.0 Å². The van der Waals surface area contributed by atoms with Crippen LogP contribution in [0.25, 0.3) is 0 Å². The minimum absolute atomic E-state index is 0.0326. The molecular formula is C33H43N3O4S. The normalized spacial score (nSPS) is 12.8. The molecule has 3 rings (SSSR count). The predicted molar refractivity (Wildman–Crippen MR) is 166 cm³/mol. The van der Waals surface area contributed by atoms with E-state index in [-0.39, 0.29) is 37.4 Å². The molecule has 0 aliphatic carbocycles. The largest absolute Gasteiger partial charge is 0.352 e. The van der Waals surface area contributed by atoms with Gasteiger partial charge in [-0.05, 0) is 62.4 Å². The molecule has 7 nitrogen and oxygen atoms in total. The number of rotatable bonds is 14. The third-order valence-corrected chi connectivity index (χ3v) is 8.38. The molecule has 0 fully saturated rings. The van der Waals surface area contributed by atoms with E-state index in [2.05, 4.69) is 5.32 Å². The van der Waals surface area contributed by atoms with Gasteiger partial charge in [0, 0.05) is 32.0 Å². The summed E-state index contributed by atoms with van der Waals surface area (Å²) in [6, 6.07) is 24.2. The second-order valence-corrected chi connectivity index (χ2v) is 12.7. The molecule has 0 saturated heterocycles. The molecule has 3 aromatic carbocycles. The minimum Gasteiger partial charge on any atom is -0.352 e. The Morgan fingerprint density at radius 2 is 1.56 bits per heavy atom. The number of anilines is 1. The maximum atomic E-state index is 13.9. The second-order valence-electron chi connectivity index (χ2n) is 10.8. The Morgan fingerprint density at radius 1 is 0.878 bits per heavy atom. The lowest BCUT2D eigenvalue weighted by molar-refractivity contribution is -0.141. The molecule has 0 spiro atoms. The molecule has 0 aliphatic heterocycles. The van der Waals surface area contributed by atoms with Crippen LogP contribution in [0.15, 0.2) is 78.9 Å². The van der Waals surface area contributed by atoms with Crippen molar-refractivity contribution in [2.24, 2.45) is 0 Å². The van der Waals surface area contributed by atoms with E-state index in [1.54, 1.807) is 11.0 Å². The van der Waals surface area contributed by atoms with Gasteiger partial charge in [0.2, 0.25) is 21.8 Å². The highest BCUT2D eigenvalue weighted by Gasteiger charge is 2.31. The van der Waals surface area contributed by atoms with Gasteiger partial charge >= 0.3 is 0 Å². The Kier molecular flexibility index (Phi) is 11.5. The number of sulfonamides is 1. The van der Waals surface area contributed by atoms with E-state index in [1.165, 1.54) is 10.6 Å². The average molecular weight is 578 g/mol. The number of nitrogens with zero attached hydrogens (tertiary/aromatic N) is 2. The minimum atomic E-state index is -3.55. The van der Waals surface area contributed by atoms with E-state index >= 15 is 0 Å². The van der Waals surface area contributed by atoms with E-state index in [9.17, 15) is 18.0 Å². The van der Waals surface area contributed by atoms with Crippen molar-refractivity contribution in [3.05, 3.63) is 101 Å². The van der Waals surface area contributed by atoms with Crippen LogP contribution in [-0.4, -0.2) is 50.0 Å². The Bertz CT molecular complexity index is 1390. The van der Waals surface area contributed by atoms with Gasteiger partial charge in [0.05, 0.1) is 11.9 Å². The van der Waals surface area contributed by atoms with E-state index in [0.717, 1.165) is 28.7 Å². The van der Waals surface area contributed by atoms with E-state index in [1.807, 2.05) is 100 Å². The zero-order valence-electron chi connectivity index (χ0n) is 24.8. The van der Waals surface area contributed by atoms with E-state index in [0.29, 0.717) is 18.5 Å². The molecule has 0 aliphatic rings. The fourth-order valence-corrected chi connectivity index (χ4v) is 5.63. The summed E-state index contributed by atoms with van der Waals surface area (Å²) in [5, 5.41) is 3.08. The van der Waals surface area contributed by atoms with Crippen LogP contribution in [0.3, 0.4) is 0 Å². The molecule has 0 unspecified atom stereocenters. The number of carbonyl (C=O) groups is 2. The molecule has 220 valence electrons. The van der Waals surface area contributed by atoms with Crippen molar-refractivity contribution in [3.8, 4) is 0 Å². The molecule has 0 aromatic heterocycles. The van der Waals surface area contributed by atoms with Crippen LogP contribution in [0.2, 0.25) is 0 Å². The summed E-state index contributed by atoms with van der Waals surface area (Å²) in [4.78, 5) is 29.2. The molecule has 0 radical (unpaired) electrons. The summed E-state index contributed by atoms with van der Waals surface area (Å²) in [6.07, 6.45) is 2.74. The van der Waals surface area contributed by atoms with Gasteiger partial charge in [-0.2, -0.15) is 0 Å². The smallest absolute Gasteiger partial charge is 0.243 e. The van der Waals surface area contributed by atoms with Crippen LogP contribution in [0, 0.1) is 13.8 Å². The lowest BCUT2D eigenvalue weighted by Gasteiger charge is -2.32. The highest BCUT2D eigenvalue weighted by atomic mass is 32.2. The molecule has 0 saturated carbocycles. The number of hydrogen-bond donors (Lipinski definition) is 1. The predicted octanol–water partition coefficient (Wildman–Crippen LogP) is 5.40. The zero-order valence-corrected chi connectivity index (χ0v) is 25.7. The quantitative estimate of drug-likeness (QED) is 0.278. The van der Waals surface area contributed by atoms with Crippen LogP contribution < -0.4 is 9.62 Å². The topological polar surface area (TPSA) is 86.8 Å². The maximum Gasteiger partial charge on any atom is 0.243 e.